The van der Waals surface area contributed by atoms with Crippen LogP contribution in [0.3, 0.4) is 0 Å². The van der Waals surface area contributed by atoms with Gasteiger partial charge in [0, 0.05) is 29.6 Å². The molecule has 4 aromatic rings. The fourth-order valence-corrected chi connectivity index (χ4v) is 21.7. The van der Waals surface area contributed by atoms with E-state index in [0.717, 1.165) is 17.5 Å². The molecule has 682 valence electrons. The van der Waals surface area contributed by atoms with Crippen molar-refractivity contribution in [2.45, 2.75) is 163 Å². The van der Waals surface area contributed by atoms with Gasteiger partial charge in [-0.3, -0.25) is 33.6 Å². The molecule has 24 radical (unpaired) electrons. The van der Waals surface area contributed by atoms with E-state index in [-0.39, 0.29) is 116 Å². The number of esters is 11. The predicted molar refractivity (Wildman–Crippen MR) is 465 cm³/mol. The molecule has 8 bridgehead atoms. The van der Waals surface area contributed by atoms with Gasteiger partial charge in [-0.05, 0) is 84.5 Å². The van der Waals surface area contributed by atoms with Crippen LogP contribution < -0.4 is 0 Å². The first-order valence-electron chi connectivity index (χ1n) is 42.5. The molecule has 5 saturated heterocycles. The molecule has 0 aromatic heterocycles. The summed E-state index contributed by atoms with van der Waals surface area (Å²) < 4.78 is 194. The summed E-state index contributed by atoms with van der Waals surface area (Å²) >= 11 is 0. The zero-order valence-corrected chi connectivity index (χ0v) is 74.6. The fourth-order valence-electron chi connectivity index (χ4n) is 20.6. The molecule has 0 amide bonds. The van der Waals surface area contributed by atoms with Gasteiger partial charge in [-0.1, -0.05) is 145 Å². The lowest BCUT2D eigenvalue weighted by Crippen LogP contribution is -2.48. The molecule has 51 heteroatoms. The molecule has 5 aliphatic heterocycles. The van der Waals surface area contributed by atoms with Crippen LogP contribution in [0.2, 0.25) is 0 Å². The second-order valence-corrected chi connectivity index (χ2v) is 39.8. The summed E-state index contributed by atoms with van der Waals surface area (Å²) in [6, 6.07) is 13.5. The molecule has 5 heterocycles. The highest BCUT2D eigenvalue weighted by atomic mass is 32.2. The number of rotatable bonds is 36. The number of fused-ring (bicyclic) bond motifs is 5. The number of hydrogen-bond acceptors (Lipinski definition) is 35. The van der Waals surface area contributed by atoms with Gasteiger partial charge in [0.15, 0.2) is 12.2 Å². The van der Waals surface area contributed by atoms with E-state index in [9.17, 15) is 105 Å². The van der Waals surface area contributed by atoms with Crippen molar-refractivity contribution in [3.63, 3.8) is 0 Å². The highest BCUT2D eigenvalue weighted by Gasteiger charge is 2.74. The maximum atomic E-state index is 13.2. The molecule has 4 aromatic carbocycles. The van der Waals surface area contributed by atoms with Gasteiger partial charge in [0.05, 0.1) is 198 Å². The molecule has 0 spiro atoms. The number of carbonyl (C=O) groups excluding carboxylic acids is 11. The molecule has 11 aliphatic rings. The monoisotopic (exact) mass is 1880 g/mol. The Morgan fingerprint density at radius 1 is 0.316 bits per heavy atom. The Morgan fingerprint density at radius 3 is 1.05 bits per heavy atom. The van der Waals surface area contributed by atoms with Crippen LogP contribution in [0.25, 0.3) is 0 Å². The number of hydrogen-bond donors (Lipinski definition) is 0. The smallest absolute Gasteiger partial charge is 0.338 e. The van der Waals surface area contributed by atoms with Crippen molar-refractivity contribution < 1.29 is 161 Å². The van der Waals surface area contributed by atoms with Crippen LogP contribution >= 0.6 is 0 Å². The maximum absolute atomic E-state index is 13.2. The number of ether oxygens (including phenoxy) is 12. The van der Waals surface area contributed by atoms with Gasteiger partial charge in [-0.25, -0.2) is 52.8 Å². The first-order chi connectivity index (χ1) is 62.9. The van der Waals surface area contributed by atoms with Gasteiger partial charge in [0.25, 0.3) is 0 Å². The second kappa shape index (κ2) is 43.0. The third kappa shape index (κ3) is 22.7. The fraction of sp³-hybridized carbons (Fsp3) is 0.573. The van der Waals surface area contributed by atoms with Crippen molar-refractivity contribution in [3.05, 3.63) is 138 Å². The van der Waals surface area contributed by atoms with E-state index in [1.165, 1.54) is 6.07 Å². The van der Waals surface area contributed by atoms with Crippen molar-refractivity contribution in [2.24, 2.45) is 76.9 Å². The van der Waals surface area contributed by atoms with Gasteiger partial charge in [-0.2, -0.15) is 0 Å². The molecular formula is C82H80B12O35S4-4. The molecule has 0 N–H and O–H groups in total. The van der Waals surface area contributed by atoms with Crippen molar-refractivity contribution in [2.75, 3.05) is 49.4 Å². The van der Waals surface area contributed by atoms with E-state index >= 15 is 0 Å². The van der Waals surface area contributed by atoms with Crippen molar-refractivity contribution >= 4 is 200 Å². The lowest BCUT2D eigenvalue weighted by molar-refractivity contribution is -0.157. The van der Waals surface area contributed by atoms with Crippen molar-refractivity contribution in [3.8, 4) is 0 Å². The molecule has 133 heavy (non-hydrogen) atoms. The summed E-state index contributed by atoms with van der Waals surface area (Å²) in [7, 11) is 51.3. The molecule has 22 atom stereocenters. The minimum Gasteiger partial charge on any atom is -0.748 e. The average molecular weight is 1880 g/mol. The summed E-state index contributed by atoms with van der Waals surface area (Å²) in [5, 5.41) is 0. The van der Waals surface area contributed by atoms with Crippen LogP contribution in [-0.4, -0.2) is 316 Å². The van der Waals surface area contributed by atoms with E-state index in [1.54, 1.807) is 36.4 Å². The SMILES string of the molecule is [B]Cc1cc(C[B])c(C[B])c(C(=O)OC2C3CC4C(OC(=O)C42)C3C(=O)OCCS(=O)(=O)[O-])c1.[B]Cc1cc(C[B])c(C[B])c(C(=O)OC2C3CC4C2OC(=O)C4C3C(=O)OCCS(=O)(=O)[O-])c1.[B]Cc1cc(C[B])c(C[B])c(C(=O)OC2C3OC(=O)C4C3OC2C4C(=O)OCCS(=O)(=O)[O-])c1.[B]Cc1cc(C[B])c(C[B])c(C(=O)OC2CC3CC(C(=O)OCCS(=O)(=O)[O-])C2C3)c1. The average Bonchev–Trinajstić information content (AvgIpc) is 1.55. The predicted octanol–water partition coefficient (Wildman–Crippen LogP) is -3.18. The molecule has 11 fully saturated rings. The Kier molecular flexibility index (Phi) is 33.4. The lowest BCUT2D eigenvalue weighted by Gasteiger charge is -2.30. The molecule has 15 rings (SSSR count). The van der Waals surface area contributed by atoms with Crippen LogP contribution in [0.1, 0.15) is 140 Å². The van der Waals surface area contributed by atoms with Crippen LogP contribution in [0.5, 0.6) is 0 Å². The summed E-state index contributed by atoms with van der Waals surface area (Å²) in [6.45, 7) is -2.39. The zero-order chi connectivity index (χ0) is 97.1. The summed E-state index contributed by atoms with van der Waals surface area (Å²) in [5.74, 6) is -19.0. The van der Waals surface area contributed by atoms with Gasteiger partial charge in [-0.15, -0.1) is 0 Å². The zero-order valence-electron chi connectivity index (χ0n) is 71.3. The Morgan fingerprint density at radius 2 is 0.654 bits per heavy atom. The normalized spacial score (nSPS) is 28.1. The highest BCUT2D eigenvalue weighted by molar-refractivity contribution is 7.86. The van der Waals surface area contributed by atoms with Crippen LogP contribution in [0, 0.1) is 76.9 Å². The van der Waals surface area contributed by atoms with Gasteiger partial charge >= 0.3 is 65.7 Å². The van der Waals surface area contributed by atoms with E-state index in [1.807, 2.05) is 6.07 Å². The highest BCUT2D eigenvalue weighted by Crippen LogP contribution is 2.61. The van der Waals surface area contributed by atoms with Gasteiger partial charge in [0.2, 0.25) is 0 Å². The van der Waals surface area contributed by atoms with Crippen molar-refractivity contribution in [1.82, 2.24) is 0 Å². The van der Waals surface area contributed by atoms with E-state index < -0.39 is 264 Å². The van der Waals surface area contributed by atoms with E-state index in [2.05, 4.69) is 0 Å². The standard InChI is InChI=1S/2C21H21B3O9S.C20H19B3O10S.C20H23B3O7S/c22-6-9-3-10(7-23)14(8-24)11(4-9)19(25)32-18-12-5-13-16(18)21(27)33-17(13)15(12)20(26)31-1-2-34(28,29)30;22-6-9-3-10(7-23)14(8-24)11(4-9)19(25)32-17-12-5-13-16(21(27)33-18(13)17)15(12)20(26)31-1-2-34(28,29)30;21-5-8-3-9(6-22)11(7-23)10(4-8)18(24)32-16-14-12(19(25)30-1-2-34(27,28)29)13-15(31-14)17(16)33-20(13)26;21-8-12-3-13(9-22)17(10-23)16(6-12)20(25)30-18-7-11-4-14(18)15(5-11)19(24)29-1-2-31(26,27)28/h2*3-4,12-13,15-18H,1-2,5-8H2,(H,28,29,30);3-4,12-17H,1-2,5-7H2,(H,27,28,29);3,6,11,14-15,18H,1-2,4-5,7-10H2,(H,26,27,28)/p-4. The largest absolute Gasteiger partial charge is 0.748 e. The number of carbonyl (C=O) groups is 11. The van der Waals surface area contributed by atoms with E-state index in [0.29, 0.717) is 86.9 Å². The third-order valence-corrected chi connectivity index (χ3v) is 29.0. The van der Waals surface area contributed by atoms with Crippen molar-refractivity contribution in [1.29, 1.82) is 0 Å². The molecule has 6 aliphatic carbocycles. The third-order valence-electron chi connectivity index (χ3n) is 26.3. The first-order valence-corrected chi connectivity index (χ1v) is 48.8. The van der Waals surface area contributed by atoms with Gasteiger partial charge in [0.1, 0.15) is 92.8 Å². The Balaban J connectivity index is 0.000000160. The molecule has 22 unspecified atom stereocenters. The first kappa shape index (κ1) is 103. The molecular weight excluding hydrogens is 1800 g/mol. The van der Waals surface area contributed by atoms with Crippen LogP contribution in [0.4, 0.5) is 0 Å². The maximum Gasteiger partial charge on any atom is 0.338 e. The Hall–Kier alpha value is -8.57. The molecule has 35 nitrogen and oxygen atoms in total. The minimum atomic E-state index is -4.60. The Bertz CT molecular complexity index is 5500. The van der Waals surface area contributed by atoms with Crippen LogP contribution in [0.15, 0.2) is 48.5 Å². The summed E-state index contributed by atoms with van der Waals surface area (Å²) in [5.41, 5.74) is 8.37. The minimum absolute atomic E-state index is 0.00704. The Labute approximate surface area is 783 Å². The molecule has 6 saturated carbocycles. The lowest BCUT2D eigenvalue weighted by atomic mass is 9.78. The quantitative estimate of drug-likeness (QED) is 0.0187. The van der Waals surface area contributed by atoms with Gasteiger partial charge < -0.3 is 75.1 Å². The topological polar surface area (TPSA) is 527 Å². The second-order valence-electron chi connectivity index (χ2n) is 33.7. The van der Waals surface area contributed by atoms with Crippen LogP contribution in [-0.2, 0) is 207 Å². The van der Waals surface area contributed by atoms with E-state index in [4.69, 9.17) is 151 Å². The number of benzene rings is 4. The summed E-state index contributed by atoms with van der Waals surface area (Å²) in [6.07, 6.45) is -3.35. The summed E-state index contributed by atoms with van der Waals surface area (Å²) in [4.78, 5) is 140.